The molecule has 3 nitrogen and oxygen atoms in total. The normalized spacial score (nSPS) is 14.6. The minimum Gasteiger partial charge on any atom is -0.395 e. The van der Waals surface area contributed by atoms with Crippen molar-refractivity contribution in [2.24, 2.45) is 5.73 Å². The molecule has 3 N–H and O–H groups in total. The first kappa shape index (κ1) is 10.9. The van der Waals surface area contributed by atoms with Crippen LogP contribution in [0.2, 0.25) is 0 Å². The molecule has 4 heteroatoms. The zero-order valence-corrected chi connectivity index (χ0v) is 7.94. The van der Waals surface area contributed by atoms with Gasteiger partial charge in [-0.15, -0.1) is 0 Å². The van der Waals surface area contributed by atoms with Crippen LogP contribution in [0.15, 0.2) is 0 Å². The molecule has 0 saturated carbocycles. The SMILES string of the molecule is CC(=O)SC(C)(C)C(N)CO. The van der Waals surface area contributed by atoms with Crippen LogP contribution >= 0.6 is 11.8 Å². The minimum absolute atomic E-state index is 0.0268. The van der Waals surface area contributed by atoms with Crippen LogP contribution in [0.1, 0.15) is 20.8 Å². The van der Waals surface area contributed by atoms with Gasteiger partial charge in [-0.2, -0.15) is 0 Å². The molecule has 0 heterocycles. The summed E-state index contributed by atoms with van der Waals surface area (Å²) >= 11 is 1.17. The fourth-order valence-corrected chi connectivity index (χ4v) is 1.63. The summed E-state index contributed by atoms with van der Waals surface area (Å²) in [5, 5.41) is 8.76. The van der Waals surface area contributed by atoms with Gasteiger partial charge in [0, 0.05) is 17.7 Å². The molecule has 0 bridgehead atoms. The van der Waals surface area contributed by atoms with E-state index in [0.717, 1.165) is 0 Å². The number of aliphatic hydroxyl groups excluding tert-OH is 1. The van der Waals surface area contributed by atoms with Crippen LogP contribution in [0.5, 0.6) is 0 Å². The molecule has 1 atom stereocenters. The summed E-state index contributed by atoms with van der Waals surface area (Å²) in [7, 11) is 0. The molecule has 66 valence electrons. The van der Waals surface area contributed by atoms with Gasteiger partial charge in [-0.05, 0) is 13.8 Å². The summed E-state index contributed by atoms with van der Waals surface area (Å²) in [6.45, 7) is 5.10. The van der Waals surface area contributed by atoms with Crippen LogP contribution in [-0.4, -0.2) is 27.6 Å². The molecule has 1 unspecified atom stereocenters. The van der Waals surface area contributed by atoms with Crippen LogP contribution in [0.4, 0.5) is 0 Å². The van der Waals surface area contributed by atoms with E-state index in [-0.39, 0.29) is 22.5 Å². The fourth-order valence-electron chi connectivity index (χ4n) is 0.666. The number of hydrogen-bond acceptors (Lipinski definition) is 4. The van der Waals surface area contributed by atoms with E-state index in [1.165, 1.54) is 18.7 Å². The molecule has 11 heavy (non-hydrogen) atoms. The van der Waals surface area contributed by atoms with E-state index in [0.29, 0.717) is 0 Å². The van der Waals surface area contributed by atoms with Crippen molar-refractivity contribution in [3.8, 4) is 0 Å². The zero-order valence-electron chi connectivity index (χ0n) is 7.13. The average Bonchev–Trinajstić information content (AvgIpc) is 1.83. The van der Waals surface area contributed by atoms with Crippen molar-refractivity contribution in [1.82, 2.24) is 0 Å². The maximum Gasteiger partial charge on any atom is 0.186 e. The largest absolute Gasteiger partial charge is 0.395 e. The molecule has 0 saturated heterocycles. The standard InChI is InChI=1S/C7H15NO2S/c1-5(10)11-7(2,3)6(8)4-9/h6,9H,4,8H2,1-3H3. The lowest BCUT2D eigenvalue weighted by atomic mass is 10.1. The van der Waals surface area contributed by atoms with E-state index < -0.39 is 0 Å². The molecular formula is C7H15NO2S. The van der Waals surface area contributed by atoms with Gasteiger partial charge >= 0.3 is 0 Å². The third kappa shape index (κ3) is 3.74. The summed E-state index contributed by atoms with van der Waals surface area (Å²) in [5.74, 6) is 0. The number of nitrogens with two attached hydrogens (primary N) is 1. The highest BCUT2D eigenvalue weighted by atomic mass is 32.2. The number of carbonyl (C=O) groups is 1. The number of thioether (sulfide) groups is 1. The lowest BCUT2D eigenvalue weighted by Gasteiger charge is -2.27. The predicted molar refractivity (Wildman–Crippen MR) is 47.4 cm³/mol. The Labute approximate surface area is 71.3 Å². The Hall–Kier alpha value is -0.0600. The predicted octanol–water partition coefficient (Wildman–Crippen LogP) is 0.364. The van der Waals surface area contributed by atoms with Gasteiger partial charge in [0.05, 0.1) is 6.61 Å². The van der Waals surface area contributed by atoms with E-state index in [2.05, 4.69) is 0 Å². The Morgan fingerprint density at radius 3 is 2.45 bits per heavy atom. The highest BCUT2D eigenvalue weighted by Crippen LogP contribution is 2.27. The summed E-state index contributed by atoms with van der Waals surface area (Å²) in [6.07, 6.45) is 0. The number of rotatable bonds is 3. The summed E-state index contributed by atoms with van der Waals surface area (Å²) < 4.78 is -0.374. The number of hydrogen-bond donors (Lipinski definition) is 2. The average molecular weight is 177 g/mol. The van der Waals surface area contributed by atoms with Gasteiger partial charge < -0.3 is 10.8 Å². The number of carbonyl (C=O) groups excluding carboxylic acids is 1. The molecule has 0 spiro atoms. The van der Waals surface area contributed by atoms with Gasteiger partial charge in [0.2, 0.25) is 0 Å². The second-order valence-electron chi connectivity index (χ2n) is 2.99. The molecule has 0 aromatic carbocycles. The molecule has 0 rings (SSSR count). The van der Waals surface area contributed by atoms with Crippen LogP contribution < -0.4 is 5.73 Å². The first-order valence-electron chi connectivity index (χ1n) is 3.46. The fraction of sp³-hybridized carbons (Fsp3) is 0.857. The van der Waals surface area contributed by atoms with Gasteiger partial charge in [-0.1, -0.05) is 11.8 Å². The summed E-state index contributed by atoms with van der Waals surface area (Å²) in [4.78, 5) is 10.7. The molecule has 0 aliphatic heterocycles. The lowest BCUT2D eigenvalue weighted by molar-refractivity contribution is -0.109. The Morgan fingerprint density at radius 1 is 1.73 bits per heavy atom. The molecule has 0 aromatic heterocycles. The molecule has 0 aliphatic carbocycles. The Balaban J connectivity index is 4.08. The molecule has 0 aliphatic rings. The van der Waals surface area contributed by atoms with E-state index >= 15 is 0 Å². The van der Waals surface area contributed by atoms with E-state index in [4.69, 9.17) is 10.8 Å². The molecule has 0 radical (unpaired) electrons. The van der Waals surface area contributed by atoms with Gasteiger partial charge in [-0.25, -0.2) is 0 Å². The monoisotopic (exact) mass is 177 g/mol. The van der Waals surface area contributed by atoms with Gasteiger partial charge in [0.1, 0.15) is 0 Å². The van der Waals surface area contributed by atoms with E-state index in [1.54, 1.807) is 0 Å². The third-order valence-corrected chi connectivity index (χ3v) is 2.61. The molecular weight excluding hydrogens is 162 g/mol. The minimum atomic E-state index is -0.374. The molecule has 0 aromatic rings. The van der Waals surface area contributed by atoms with Crippen molar-refractivity contribution < 1.29 is 9.90 Å². The van der Waals surface area contributed by atoms with Crippen molar-refractivity contribution >= 4 is 16.9 Å². The Morgan fingerprint density at radius 2 is 2.18 bits per heavy atom. The van der Waals surface area contributed by atoms with Crippen LogP contribution in [0.3, 0.4) is 0 Å². The van der Waals surface area contributed by atoms with Crippen LogP contribution in [0.25, 0.3) is 0 Å². The van der Waals surface area contributed by atoms with Crippen molar-refractivity contribution in [3.63, 3.8) is 0 Å². The molecule has 0 fully saturated rings. The maximum atomic E-state index is 10.7. The Bertz CT molecular complexity index is 147. The topological polar surface area (TPSA) is 63.3 Å². The molecule has 0 amide bonds. The third-order valence-electron chi connectivity index (χ3n) is 1.50. The summed E-state index contributed by atoms with van der Waals surface area (Å²) in [6, 6.07) is -0.351. The summed E-state index contributed by atoms with van der Waals surface area (Å²) in [5.41, 5.74) is 5.58. The van der Waals surface area contributed by atoms with Gasteiger partial charge in [0.15, 0.2) is 5.12 Å². The van der Waals surface area contributed by atoms with Crippen molar-refractivity contribution in [2.45, 2.75) is 31.6 Å². The Kier molecular flexibility index (Phi) is 4.07. The lowest BCUT2D eigenvalue weighted by Crippen LogP contribution is -2.43. The highest BCUT2D eigenvalue weighted by molar-refractivity contribution is 8.14. The van der Waals surface area contributed by atoms with E-state index in [9.17, 15) is 4.79 Å². The second-order valence-corrected chi connectivity index (χ2v) is 4.82. The highest BCUT2D eigenvalue weighted by Gasteiger charge is 2.28. The van der Waals surface area contributed by atoms with Crippen molar-refractivity contribution in [3.05, 3.63) is 0 Å². The van der Waals surface area contributed by atoms with Crippen LogP contribution in [0, 0.1) is 0 Å². The van der Waals surface area contributed by atoms with Crippen molar-refractivity contribution in [1.29, 1.82) is 0 Å². The second kappa shape index (κ2) is 4.09. The van der Waals surface area contributed by atoms with Crippen LogP contribution in [-0.2, 0) is 4.79 Å². The maximum absolute atomic E-state index is 10.7. The first-order valence-corrected chi connectivity index (χ1v) is 4.28. The first-order chi connectivity index (χ1) is 4.90. The van der Waals surface area contributed by atoms with Gasteiger partial charge in [-0.3, -0.25) is 4.79 Å². The van der Waals surface area contributed by atoms with E-state index in [1.807, 2.05) is 13.8 Å². The number of aliphatic hydroxyl groups is 1. The van der Waals surface area contributed by atoms with Crippen molar-refractivity contribution in [2.75, 3.05) is 6.61 Å². The quantitative estimate of drug-likeness (QED) is 0.653. The zero-order chi connectivity index (χ0) is 9.07. The smallest absolute Gasteiger partial charge is 0.186 e. The van der Waals surface area contributed by atoms with Gasteiger partial charge in [0.25, 0.3) is 0 Å².